The van der Waals surface area contributed by atoms with Gasteiger partial charge >= 0.3 is 0 Å². The minimum absolute atomic E-state index is 0.137. The highest BCUT2D eigenvalue weighted by Crippen LogP contribution is 2.38. The first-order chi connectivity index (χ1) is 11.2. The minimum Gasteiger partial charge on any atom is -0.486 e. The van der Waals surface area contributed by atoms with Crippen LogP contribution >= 0.6 is 11.6 Å². The van der Waals surface area contributed by atoms with Crippen LogP contribution in [0.3, 0.4) is 0 Å². The van der Waals surface area contributed by atoms with Crippen molar-refractivity contribution < 1.29 is 19.0 Å². The molecule has 1 aromatic carbocycles. The van der Waals surface area contributed by atoms with Crippen molar-refractivity contribution in [3.63, 3.8) is 0 Å². The van der Waals surface area contributed by atoms with Gasteiger partial charge in [0.05, 0.1) is 30.2 Å². The van der Waals surface area contributed by atoms with Crippen LogP contribution in [0.25, 0.3) is 0 Å². The molecule has 3 aliphatic rings. The summed E-state index contributed by atoms with van der Waals surface area (Å²) in [5, 5.41) is 0.505. The molecule has 0 bridgehead atoms. The Balaban J connectivity index is 1.51. The molecule has 2 aliphatic heterocycles. The summed E-state index contributed by atoms with van der Waals surface area (Å²) in [5.41, 5.74) is 0.866. The van der Waals surface area contributed by atoms with E-state index in [1.807, 2.05) is 11.0 Å². The van der Waals surface area contributed by atoms with Gasteiger partial charge in [-0.15, -0.1) is 0 Å². The summed E-state index contributed by atoms with van der Waals surface area (Å²) in [5.74, 6) is 1.35. The molecule has 0 spiro atoms. The molecule has 0 unspecified atom stereocenters. The van der Waals surface area contributed by atoms with Gasteiger partial charge in [0.2, 0.25) is 5.91 Å². The van der Waals surface area contributed by atoms with Crippen molar-refractivity contribution in [2.45, 2.75) is 37.8 Å². The fraction of sp³-hybridized carbons (Fsp3) is 0.588. The maximum atomic E-state index is 12.7. The second-order valence-electron chi connectivity index (χ2n) is 6.27. The molecule has 1 saturated carbocycles. The molecule has 0 radical (unpaired) electrons. The normalized spacial score (nSPS) is 26.0. The largest absolute Gasteiger partial charge is 0.486 e. The number of carbonyl (C=O) groups excluding carboxylic acids is 1. The molecule has 2 fully saturated rings. The van der Waals surface area contributed by atoms with Crippen LogP contribution in [0.2, 0.25) is 5.02 Å². The fourth-order valence-electron chi connectivity index (χ4n) is 3.78. The summed E-state index contributed by atoms with van der Waals surface area (Å²) < 4.78 is 16.9. The van der Waals surface area contributed by atoms with Gasteiger partial charge in [-0.1, -0.05) is 11.6 Å². The predicted molar refractivity (Wildman–Crippen MR) is 85.2 cm³/mol. The molecule has 0 N–H and O–H groups in total. The van der Waals surface area contributed by atoms with Gasteiger partial charge in [-0.3, -0.25) is 4.79 Å². The molecule has 1 aromatic rings. The Labute approximate surface area is 140 Å². The van der Waals surface area contributed by atoms with Crippen LogP contribution in [0.15, 0.2) is 12.1 Å². The summed E-state index contributed by atoms with van der Waals surface area (Å²) in [6, 6.07) is 3.91. The number of rotatable bonds is 2. The van der Waals surface area contributed by atoms with Gasteiger partial charge in [-0.25, -0.2) is 0 Å². The van der Waals surface area contributed by atoms with E-state index >= 15 is 0 Å². The quantitative estimate of drug-likeness (QED) is 0.831. The molecule has 2 atom stereocenters. The van der Waals surface area contributed by atoms with E-state index in [1.54, 1.807) is 6.07 Å². The van der Waals surface area contributed by atoms with Crippen LogP contribution in [0.1, 0.15) is 24.8 Å². The van der Waals surface area contributed by atoms with Crippen molar-refractivity contribution in [1.82, 2.24) is 4.90 Å². The second kappa shape index (κ2) is 6.21. The molecule has 124 valence electrons. The standard InChI is InChI=1S/C17H20ClNO4/c18-12-8-11(9-15-17(12)23-7-6-22-15)10-16(20)19-4-5-21-14-3-1-2-13(14)19/h8-9,13-14H,1-7,10H2/t13-,14+/m1/s1. The lowest BCUT2D eigenvalue weighted by Crippen LogP contribution is -2.51. The van der Waals surface area contributed by atoms with Gasteiger partial charge in [0.25, 0.3) is 0 Å². The third kappa shape index (κ3) is 2.88. The SMILES string of the molecule is O=C(Cc1cc(Cl)c2c(c1)OCCO2)N1CCO[C@H]2CCC[C@H]21. The lowest BCUT2D eigenvalue weighted by atomic mass is 10.1. The van der Waals surface area contributed by atoms with Crippen LogP contribution in [-0.4, -0.2) is 49.3 Å². The number of halogens is 1. The Morgan fingerprint density at radius 1 is 1.22 bits per heavy atom. The summed E-state index contributed by atoms with van der Waals surface area (Å²) in [6.45, 7) is 2.32. The number of fused-ring (bicyclic) bond motifs is 2. The smallest absolute Gasteiger partial charge is 0.227 e. The fourth-order valence-corrected chi connectivity index (χ4v) is 4.07. The van der Waals surface area contributed by atoms with E-state index in [2.05, 4.69) is 0 Å². The van der Waals surface area contributed by atoms with Crippen molar-refractivity contribution in [2.75, 3.05) is 26.4 Å². The highest BCUT2D eigenvalue weighted by Gasteiger charge is 2.38. The van der Waals surface area contributed by atoms with Crippen molar-refractivity contribution >= 4 is 17.5 Å². The molecular weight excluding hydrogens is 318 g/mol. The minimum atomic E-state index is 0.137. The Morgan fingerprint density at radius 2 is 2.09 bits per heavy atom. The lowest BCUT2D eigenvalue weighted by Gasteiger charge is -2.37. The van der Waals surface area contributed by atoms with Crippen molar-refractivity contribution in [3.05, 3.63) is 22.7 Å². The average Bonchev–Trinajstić information content (AvgIpc) is 3.03. The zero-order valence-corrected chi connectivity index (χ0v) is 13.7. The molecule has 0 aromatic heterocycles. The zero-order chi connectivity index (χ0) is 15.8. The number of morpholine rings is 1. The predicted octanol–water partition coefficient (Wildman–Crippen LogP) is 2.43. The Bertz CT molecular complexity index is 621. The number of hydrogen-bond donors (Lipinski definition) is 0. The first kappa shape index (κ1) is 15.1. The molecule has 23 heavy (non-hydrogen) atoms. The van der Waals surface area contributed by atoms with Crippen LogP contribution < -0.4 is 9.47 Å². The van der Waals surface area contributed by atoms with E-state index < -0.39 is 0 Å². The van der Waals surface area contributed by atoms with Crippen molar-refractivity contribution in [1.29, 1.82) is 0 Å². The van der Waals surface area contributed by atoms with Crippen LogP contribution in [0.5, 0.6) is 11.5 Å². The molecule has 6 heteroatoms. The van der Waals surface area contributed by atoms with Crippen LogP contribution in [0.4, 0.5) is 0 Å². The van der Waals surface area contributed by atoms with E-state index in [4.69, 9.17) is 25.8 Å². The third-order valence-electron chi connectivity index (χ3n) is 4.81. The number of carbonyl (C=O) groups is 1. The van der Waals surface area contributed by atoms with E-state index in [0.29, 0.717) is 49.3 Å². The summed E-state index contributed by atoms with van der Waals surface area (Å²) >= 11 is 6.26. The lowest BCUT2D eigenvalue weighted by molar-refractivity contribution is -0.143. The van der Waals surface area contributed by atoms with Crippen LogP contribution in [-0.2, 0) is 16.0 Å². The first-order valence-corrected chi connectivity index (χ1v) is 8.59. The first-order valence-electron chi connectivity index (χ1n) is 8.21. The van der Waals surface area contributed by atoms with E-state index in [0.717, 1.165) is 24.8 Å². The molecule has 1 amide bonds. The zero-order valence-electron chi connectivity index (χ0n) is 12.9. The maximum absolute atomic E-state index is 12.7. The molecule has 1 saturated heterocycles. The molecule has 5 nitrogen and oxygen atoms in total. The molecule has 4 rings (SSSR count). The summed E-state index contributed by atoms with van der Waals surface area (Å²) in [4.78, 5) is 14.7. The third-order valence-corrected chi connectivity index (χ3v) is 5.10. The van der Waals surface area contributed by atoms with Crippen molar-refractivity contribution in [2.24, 2.45) is 0 Å². The van der Waals surface area contributed by atoms with Gasteiger partial charge < -0.3 is 19.1 Å². The maximum Gasteiger partial charge on any atom is 0.227 e. The Hall–Kier alpha value is -1.46. The second-order valence-corrected chi connectivity index (χ2v) is 6.68. The van der Waals surface area contributed by atoms with Gasteiger partial charge in [-0.05, 0) is 37.0 Å². The van der Waals surface area contributed by atoms with Crippen LogP contribution in [0, 0.1) is 0 Å². The monoisotopic (exact) mass is 337 g/mol. The summed E-state index contributed by atoms with van der Waals surface area (Å²) in [6.07, 6.45) is 3.79. The van der Waals surface area contributed by atoms with Gasteiger partial charge in [0.1, 0.15) is 13.2 Å². The molecular formula is C17H20ClNO4. The van der Waals surface area contributed by atoms with Gasteiger partial charge in [0.15, 0.2) is 11.5 Å². The number of amides is 1. The van der Waals surface area contributed by atoms with E-state index in [-0.39, 0.29) is 18.1 Å². The van der Waals surface area contributed by atoms with Gasteiger partial charge in [-0.2, -0.15) is 0 Å². The number of benzene rings is 1. The molecule has 2 heterocycles. The molecule has 1 aliphatic carbocycles. The topological polar surface area (TPSA) is 48.0 Å². The Morgan fingerprint density at radius 3 is 3.00 bits per heavy atom. The highest BCUT2D eigenvalue weighted by atomic mass is 35.5. The number of hydrogen-bond acceptors (Lipinski definition) is 4. The Kier molecular flexibility index (Phi) is 4.07. The number of ether oxygens (including phenoxy) is 3. The average molecular weight is 338 g/mol. The van der Waals surface area contributed by atoms with Gasteiger partial charge in [0, 0.05) is 6.54 Å². The van der Waals surface area contributed by atoms with E-state index in [1.165, 1.54) is 0 Å². The summed E-state index contributed by atoms with van der Waals surface area (Å²) in [7, 11) is 0. The highest BCUT2D eigenvalue weighted by molar-refractivity contribution is 6.32. The number of nitrogens with zero attached hydrogens (tertiary/aromatic N) is 1. The van der Waals surface area contributed by atoms with E-state index in [9.17, 15) is 4.79 Å². The van der Waals surface area contributed by atoms with Crippen molar-refractivity contribution in [3.8, 4) is 11.5 Å².